The highest BCUT2D eigenvalue weighted by Gasteiger charge is 2.34. The standard InChI is InChI=1S/C6H11NO4/c1-6(2,7(9)10)4-5(8)11-3/h4H2,1-3H3. The minimum Gasteiger partial charge on any atom is -0.469 e. The predicted octanol–water partition coefficient (Wildman–Crippen LogP) is 0.605. The van der Waals surface area contributed by atoms with Gasteiger partial charge in [-0.3, -0.25) is 14.9 Å². The van der Waals surface area contributed by atoms with Crippen LogP contribution in [0.25, 0.3) is 0 Å². The van der Waals surface area contributed by atoms with Gasteiger partial charge in [0, 0.05) is 18.8 Å². The van der Waals surface area contributed by atoms with E-state index >= 15 is 0 Å². The molecule has 0 aromatic carbocycles. The van der Waals surface area contributed by atoms with E-state index in [-0.39, 0.29) is 6.42 Å². The Kier molecular flexibility index (Phi) is 2.98. The SMILES string of the molecule is COC(=O)CC(C)(C)[N+](=O)[O-]. The van der Waals surface area contributed by atoms with E-state index in [2.05, 4.69) is 4.74 Å². The highest BCUT2D eigenvalue weighted by atomic mass is 16.6. The molecule has 0 atom stereocenters. The molecule has 0 radical (unpaired) electrons. The normalized spacial score (nSPS) is 10.8. The summed E-state index contributed by atoms with van der Waals surface area (Å²) in [5.41, 5.74) is -1.23. The molecule has 0 fully saturated rings. The number of carbonyl (C=O) groups is 1. The van der Waals surface area contributed by atoms with Gasteiger partial charge in [0.2, 0.25) is 5.54 Å². The van der Waals surface area contributed by atoms with Crippen molar-refractivity contribution in [3.8, 4) is 0 Å². The largest absolute Gasteiger partial charge is 0.469 e. The molecule has 0 heterocycles. The molecule has 0 aliphatic heterocycles. The van der Waals surface area contributed by atoms with Crippen LogP contribution in [-0.4, -0.2) is 23.5 Å². The molecule has 0 aromatic heterocycles. The lowest BCUT2D eigenvalue weighted by Gasteiger charge is -2.12. The van der Waals surface area contributed by atoms with Gasteiger partial charge >= 0.3 is 5.97 Å². The number of hydrogen-bond donors (Lipinski definition) is 0. The maximum absolute atomic E-state index is 10.6. The summed E-state index contributed by atoms with van der Waals surface area (Å²) in [4.78, 5) is 20.4. The van der Waals surface area contributed by atoms with Gasteiger partial charge in [0.15, 0.2) is 0 Å². The Morgan fingerprint density at radius 3 is 2.36 bits per heavy atom. The van der Waals surface area contributed by atoms with E-state index in [1.807, 2.05) is 0 Å². The average Bonchev–Trinajstić information content (AvgIpc) is 1.86. The quantitative estimate of drug-likeness (QED) is 0.345. The van der Waals surface area contributed by atoms with E-state index in [4.69, 9.17) is 0 Å². The zero-order chi connectivity index (χ0) is 9.07. The fraction of sp³-hybridized carbons (Fsp3) is 0.833. The number of hydrogen-bond acceptors (Lipinski definition) is 4. The molecule has 0 saturated carbocycles. The maximum atomic E-state index is 10.6. The number of carbonyl (C=O) groups excluding carboxylic acids is 1. The minimum absolute atomic E-state index is 0.198. The molecule has 0 bridgehead atoms. The lowest BCUT2D eigenvalue weighted by molar-refractivity contribution is -0.559. The first kappa shape index (κ1) is 9.87. The Balaban J connectivity index is 4.12. The fourth-order valence-corrected chi connectivity index (χ4v) is 0.490. The van der Waals surface area contributed by atoms with Crippen molar-refractivity contribution in [1.82, 2.24) is 0 Å². The first-order valence-electron chi connectivity index (χ1n) is 3.11. The lowest BCUT2D eigenvalue weighted by atomic mass is 10.0. The van der Waals surface area contributed by atoms with Gasteiger partial charge in [0.25, 0.3) is 0 Å². The molecule has 0 aromatic rings. The summed E-state index contributed by atoms with van der Waals surface area (Å²) in [5.74, 6) is -0.563. The minimum atomic E-state index is -1.23. The molecule has 64 valence electrons. The molecule has 0 amide bonds. The van der Waals surface area contributed by atoms with Gasteiger partial charge in [0.05, 0.1) is 7.11 Å². The Labute approximate surface area is 64.5 Å². The van der Waals surface area contributed by atoms with Gasteiger partial charge in [-0.25, -0.2) is 0 Å². The molecule has 5 heteroatoms. The molecule has 5 nitrogen and oxygen atoms in total. The van der Waals surface area contributed by atoms with Crippen molar-refractivity contribution in [3.63, 3.8) is 0 Å². The molecule has 0 unspecified atom stereocenters. The van der Waals surface area contributed by atoms with E-state index in [1.165, 1.54) is 21.0 Å². The van der Waals surface area contributed by atoms with Crippen LogP contribution < -0.4 is 0 Å². The number of ether oxygens (including phenoxy) is 1. The van der Waals surface area contributed by atoms with Crippen LogP contribution >= 0.6 is 0 Å². The monoisotopic (exact) mass is 161 g/mol. The van der Waals surface area contributed by atoms with Crippen LogP contribution in [0.1, 0.15) is 20.3 Å². The number of methoxy groups -OCH3 is 1. The first-order valence-corrected chi connectivity index (χ1v) is 3.11. The third-order valence-corrected chi connectivity index (χ3v) is 1.30. The highest BCUT2D eigenvalue weighted by molar-refractivity contribution is 5.70. The number of rotatable bonds is 3. The second-order valence-electron chi connectivity index (χ2n) is 2.82. The molecule has 11 heavy (non-hydrogen) atoms. The van der Waals surface area contributed by atoms with Crippen molar-refractivity contribution in [1.29, 1.82) is 0 Å². The topological polar surface area (TPSA) is 69.4 Å². The molecule has 0 saturated heterocycles. The van der Waals surface area contributed by atoms with Crippen molar-refractivity contribution in [2.24, 2.45) is 0 Å². The number of esters is 1. The van der Waals surface area contributed by atoms with Crippen LogP contribution in [-0.2, 0) is 9.53 Å². The average molecular weight is 161 g/mol. The molecular formula is C6H11NO4. The molecule has 0 aliphatic rings. The van der Waals surface area contributed by atoms with Gasteiger partial charge in [-0.1, -0.05) is 0 Å². The van der Waals surface area contributed by atoms with Crippen molar-refractivity contribution >= 4 is 5.97 Å². The summed E-state index contributed by atoms with van der Waals surface area (Å²) >= 11 is 0. The van der Waals surface area contributed by atoms with Gasteiger partial charge in [-0.05, 0) is 0 Å². The van der Waals surface area contributed by atoms with Gasteiger partial charge in [-0.2, -0.15) is 0 Å². The van der Waals surface area contributed by atoms with E-state index in [0.29, 0.717) is 0 Å². The van der Waals surface area contributed by atoms with Crippen LogP contribution in [0.4, 0.5) is 0 Å². The Bertz CT molecular complexity index is 175. The van der Waals surface area contributed by atoms with Crippen molar-refractivity contribution < 1.29 is 14.5 Å². The fourth-order valence-electron chi connectivity index (χ4n) is 0.490. The summed E-state index contributed by atoms with van der Waals surface area (Å²) in [6, 6.07) is 0. The van der Waals surface area contributed by atoms with Crippen molar-refractivity contribution in [2.75, 3.05) is 7.11 Å². The van der Waals surface area contributed by atoms with Crippen molar-refractivity contribution in [2.45, 2.75) is 25.8 Å². The number of nitro groups is 1. The summed E-state index contributed by atoms with van der Waals surface area (Å²) < 4.78 is 4.29. The van der Waals surface area contributed by atoms with Gasteiger partial charge < -0.3 is 4.74 Å². The van der Waals surface area contributed by atoms with E-state index in [0.717, 1.165) is 0 Å². The summed E-state index contributed by atoms with van der Waals surface area (Å²) in [6.45, 7) is 2.76. The van der Waals surface area contributed by atoms with Crippen LogP contribution in [0.5, 0.6) is 0 Å². The molecule has 0 rings (SSSR count). The van der Waals surface area contributed by atoms with Crippen LogP contribution in [0, 0.1) is 10.1 Å². The van der Waals surface area contributed by atoms with E-state index in [1.54, 1.807) is 0 Å². The number of nitrogens with zero attached hydrogens (tertiary/aromatic N) is 1. The van der Waals surface area contributed by atoms with Crippen LogP contribution in [0.15, 0.2) is 0 Å². The third kappa shape index (κ3) is 2.97. The van der Waals surface area contributed by atoms with Crippen molar-refractivity contribution in [3.05, 3.63) is 10.1 Å². The second kappa shape index (κ2) is 3.32. The zero-order valence-corrected chi connectivity index (χ0v) is 6.79. The summed E-state index contributed by atoms with van der Waals surface area (Å²) in [7, 11) is 1.21. The molecule has 0 N–H and O–H groups in total. The maximum Gasteiger partial charge on any atom is 0.312 e. The van der Waals surface area contributed by atoms with Gasteiger partial charge in [-0.15, -0.1) is 0 Å². The zero-order valence-electron chi connectivity index (χ0n) is 6.79. The van der Waals surface area contributed by atoms with Crippen LogP contribution in [0.3, 0.4) is 0 Å². The second-order valence-corrected chi connectivity index (χ2v) is 2.82. The molecule has 0 spiro atoms. The third-order valence-electron chi connectivity index (χ3n) is 1.30. The van der Waals surface area contributed by atoms with Gasteiger partial charge in [0.1, 0.15) is 6.42 Å². The summed E-state index contributed by atoms with van der Waals surface area (Å²) in [6.07, 6.45) is -0.198. The summed E-state index contributed by atoms with van der Waals surface area (Å²) in [5, 5.41) is 10.3. The Morgan fingerprint density at radius 2 is 2.09 bits per heavy atom. The molecular weight excluding hydrogens is 150 g/mol. The first-order chi connectivity index (χ1) is 4.90. The Hall–Kier alpha value is -1.13. The van der Waals surface area contributed by atoms with E-state index in [9.17, 15) is 14.9 Å². The molecule has 0 aliphatic carbocycles. The predicted molar refractivity (Wildman–Crippen MR) is 37.7 cm³/mol. The highest BCUT2D eigenvalue weighted by Crippen LogP contribution is 2.12. The lowest BCUT2D eigenvalue weighted by Crippen LogP contribution is -2.33. The smallest absolute Gasteiger partial charge is 0.312 e. The Morgan fingerprint density at radius 1 is 1.64 bits per heavy atom. The van der Waals surface area contributed by atoms with E-state index < -0.39 is 16.4 Å². The van der Waals surface area contributed by atoms with Crippen LogP contribution in [0.2, 0.25) is 0 Å².